The zero-order valence-corrected chi connectivity index (χ0v) is 18.9. The minimum Gasteiger partial charge on any atom is -0.464 e. The van der Waals surface area contributed by atoms with Gasteiger partial charge in [-0.3, -0.25) is 0 Å². The fourth-order valence-corrected chi connectivity index (χ4v) is 3.26. The standard InChI is InChI=1S/C23H29NO6S/c1-4-28-22(23(25)29-5-2)17-19-8-12-20(13-9-19)24-16-6-7-18-10-14-21(15-11-18)30-31(3,26)27/h6-15,22,24H,4-5,16-17H2,1-3H3. The summed E-state index contributed by atoms with van der Waals surface area (Å²) in [6, 6.07) is 14.6. The number of nitrogens with one attached hydrogen (secondary N) is 1. The Morgan fingerprint density at radius 2 is 1.71 bits per heavy atom. The van der Waals surface area contributed by atoms with Crippen LogP contribution in [-0.2, 0) is 30.8 Å². The molecule has 2 aromatic carbocycles. The summed E-state index contributed by atoms with van der Waals surface area (Å²) in [7, 11) is -3.52. The summed E-state index contributed by atoms with van der Waals surface area (Å²) in [5.41, 5.74) is 2.87. The molecule has 0 radical (unpaired) electrons. The van der Waals surface area contributed by atoms with Crippen LogP contribution in [0.1, 0.15) is 25.0 Å². The topological polar surface area (TPSA) is 90.9 Å². The Morgan fingerprint density at radius 1 is 1.03 bits per heavy atom. The molecule has 0 aliphatic heterocycles. The van der Waals surface area contributed by atoms with Gasteiger partial charge in [0.1, 0.15) is 5.75 Å². The van der Waals surface area contributed by atoms with Gasteiger partial charge in [-0.1, -0.05) is 36.4 Å². The lowest BCUT2D eigenvalue weighted by molar-refractivity contribution is -0.156. The summed E-state index contributed by atoms with van der Waals surface area (Å²) in [4.78, 5) is 12.0. The molecule has 8 heteroatoms. The highest BCUT2D eigenvalue weighted by molar-refractivity contribution is 7.86. The Bertz CT molecular complexity index is 953. The van der Waals surface area contributed by atoms with E-state index < -0.39 is 16.2 Å². The first-order valence-corrected chi connectivity index (χ1v) is 11.9. The number of hydrogen-bond donors (Lipinski definition) is 1. The first kappa shape index (κ1) is 24.4. The van der Waals surface area contributed by atoms with Gasteiger partial charge in [-0.05, 0) is 49.2 Å². The second-order valence-electron chi connectivity index (χ2n) is 6.74. The van der Waals surface area contributed by atoms with Crippen LogP contribution in [0.3, 0.4) is 0 Å². The van der Waals surface area contributed by atoms with Crippen molar-refractivity contribution in [2.45, 2.75) is 26.4 Å². The summed E-state index contributed by atoms with van der Waals surface area (Å²) in [6.07, 6.45) is 4.77. The lowest BCUT2D eigenvalue weighted by atomic mass is 10.1. The number of carbonyl (C=O) groups is 1. The van der Waals surface area contributed by atoms with Gasteiger partial charge >= 0.3 is 16.1 Å². The molecule has 168 valence electrons. The minimum absolute atomic E-state index is 0.285. The third-order valence-corrected chi connectivity index (χ3v) is 4.65. The molecule has 0 bridgehead atoms. The van der Waals surface area contributed by atoms with Gasteiger partial charge in [0, 0.05) is 25.3 Å². The number of ether oxygens (including phenoxy) is 2. The summed E-state index contributed by atoms with van der Waals surface area (Å²) < 4.78 is 37.6. The van der Waals surface area contributed by atoms with E-state index in [1.54, 1.807) is 31.2 Å². The third kappa shape index (κ3) is 9.23. The highest BCUT2D eigenvalue weighted by Gasteiger charge is 2.20. The number of esters is 1. The number of carbonyl (C=O) groups excluding carboxylic acids is 1. The van der Waals surface area contributed by atoms with Gasteiger partial charge in [0.2, 0.25) is 0 Å². The van der Waals surface area contributed by atoms with Crippen LogP contribution >= 0.6 is 0 Å². The molecule has 0 aliphatic carbocycles. The number of rotatable bonds is 12. The van der Waals surface area contributed by atoms with E-state index in [4.69, 9.17) is 13.7 Å². The molecule has 0 heterocycles. The molecule has 0 amide bonds. The predicted octanol–water partition coefficient (Wildman–Crippen LogP) is 3.66. The van der Waals surface area contributed by atoms with E-state index in [1.807, 2.05) is 43.3 Å². The van der Waals surface area contributed by atoms with Gasteiger partial charge in [0.15, 0.2) is 6.10 Å². The Balaban J connectivity index is 1.84. The maximum Gasteiger partial charge on any atom is 0.335 e. The van der Waals surface area contributed by atoms with E-state index in [0.717, 1.165) is 23.1 Å². The molecule has 1 unspecified atom stereocenters. The van der Waals surface area contributed by atoms with Crippen LogP contribution in [0.4, 0.5) is 5.69 Å². The Labute approximate surface area is 184 Å². The molecule has 2 rings (SSSR count). The van der Waals surface area contributed by atoms with E-state index in [2.05, 4.69) is 5.32 Å². The van der Waals surface area contributed by atoms with Crippen LogP contribution < -0.4 is 9.50 Å². The van der Waals surface area contributed by atoms with Crippen LogP contribution in [0.2, 0.25) is 0 Å². The van der Waals surface area contributed by atoms with E-state index in [1.165, 1.54) is 0 Å². The maximum absolute atomic E-state index is 12.0. The van der Waals surface area contributed by atoms with Crippen LogP contribution in [0.5, 0.6) is 5.75 Å². The Hall–Kier alpha value is -2.84. The molecule has 0 aliphatic rings. The zero-order chi connectivity index (χ0) is 22.7. The van der Waals surface area contributed by atoms with Crippen molar-refractivity contribution in [3.63, 3.8) is 0 Å². The van der Waals surface area contributed by atoms with E-state index in [0.29, 0.717) is 26.2 Å². The first-order valence-electron chi connectivity index (χ1n) is 10.1. The molecule has 31 heavy (non-hydrogen) atoms. The Kier molecular flexibility index (Phi) is 9.55. The lowest BCUT2D eigenvalue weighted by Crippen LogP contribution is -2.28. The number of hydrogen-bond acceptors (Lipinski definition) is 7. The van der Waals surface area contributed by atoms with Crippen molar-refractivity contribution in [1.29, 1.82) is 0 Å². The molecule has 0 saturated carbocycles. The lowest BCUT2D eigenvalue weighted by Gasteiger charge is -2.15. The monoisotopic (exact) mass is 447 g/mol. The van der Waals surface area contributed by atoms with Crippen molar-refractivity contribution in [3.05, 3.63) is 65.7 Å². The average Bonchev–Trinajstić information content (AvgIpc) is 2.72. The Morgan fingerprint density at radius 3 is 2.29 bits per heavy atom. The van der Waals surface area contributed by atoms with Crippen LogP contribution in [0.15, 0.2) is 54.6 Å². The average molecular weight is 448 g/mol. The van der Waals surface area contributed by atoms with E-state index in [9.17, 15) is 13.2 Å². The molecular formula is C23H29NO6S. The van der Waals surface area contributed by atoms with Crippen molar-refractivity contribution >= 4 is 27.9 Å². The second-order valence-corrected chi connectivity index (χ2v) is 8.31. The molecule has 2 aromatic rings. The molecule has 0 spiro atoms. The molecule has 7 nitrogen and oxygen atoms in total. The third-order valence-electron chi connectivity index (χ3n) is 4.15. The van der Waals surface area contributed by atoms with Crippen LogP contribution in [-0.4, -0.2) is 46.5 Å². The van der Waals surface area contributed by atoms with E-state index >= 15 is 0 Å². The van der Waals surface area contributed by atoms with Gasteiger partial charge in [-0.15, -0.1) is 0 Å². The highest BCUT2D eigenvalue weighted by Crippen LogP contribution is 2.16. The first-order chi connectivity index (χ1) is 14.8. The summed E-state index contributed by atoms with van der Waals surface area (Å²) >= 11 is 0. The van der Waals surface area contributed by atoms with Crippen molar-refractivity contribution in [2.24, 2.45) is 0 Å². The SMILES string of the molecule is CCOC(=O)C(Cc1ccc(NCC=Cc2ccc(OS(C)(=O)=O)cc2)cc1)OCC. The molecule has 0 aromatic heterocycles. The second kappa shape index (κ2) is 12.1. The molecule has 0 saturated heterocycles. The largest absolute Gasteiger partial charge is 0.464 e. The van der Waals surface area contributed by atoms with Crippen molar-refractivity contribution in [1.82, 2.24) is 0 Å². The maximum atomic E-state index is 12.0. The number of benzene rings is 2. The normalized spacial score (nSPS) is 12.5. The van der Waals surface area contributed by atoms with Gasteiger partial charge in [0.05, 0.1) is 12.9 Å². The summed E-state index contributed by atoms with van der Waals surface area (Å²) in [5, 5.41) is 3.29. The summed E-state index contributed by atoms with van der Waals surface area (Å²) in [5.74, 6) is -0.0556. The van der Waals surface area contributed by atoms with E-state index in [-0.39, 0.29) is 11.7 Å². The molecule has 0 fully saturated rings. The van der Waals surface area contributed by atoms with Crippen LogP contribution in [0, 0.1) is 0 Å². The zero-order valence-electron chi connectivity index (χ0n) is 18.0. The van der Waals surface area contributed by atoms with Crippen molar-refractivity contribution in [2.75, 3.05) is 31.3 Å². The fraction of sp³-hybridized carbons (Fsp3) is 0.348. The quantitative estimate of drug-likeness (QED) is 0.392. The predicted molar refractivity (Wildman–Crippen MR) is 122 cm³/mol. The van der Waals surface area contributed by atoms with Gasteiger partial charge < -0.3 is 19.0 Å². The molecular weight excluding hydrogens is 418 g/mol. The molecule has 1 N–H and O–H groups in total. The summed E-state index contributed by atoms with van der Waals surface area (Å²) in [6.45, 7) is 5.02. The highest BCUT2D eigenvalue weighted by atomic mass is 32.2. The minimum atomic E-state index is -3.52. The van der Waals surface area contributed by atoms with Crippen LogP contribution in [0.25, 0.3) is 6.08 Å². The van der Waals surface area contributed by atoms with Crippen molar-refractivity contribution < 1.29 is 26.9 Å². The molecule has 1 atom stereocenters. The van der Waals surface area contributed by atoms with Gasteiger partial charge in [0.25, 0.3) is 0 Å². The van der Waals surface area contributed by atoms with Gasteiger partial charge in [-0.25, -0.2) is 4.79 Å². The van der Waals surface area contributed by atoms with Gasteiger partial charge in [-0.2, -0.15) is 8.42 Å². The van der Waals surface area contributed by atoms with Crippen molar-refractivity contribution in [3.8, 4) is 5.75 Å². The number of anilines is 1. The smallest absolute Gasteiger partial charge is 0.335 e. The fourth-order valence-electron chi connectivity index (χ4n) is 2.80.